The van der Waals surface area contributed by atoms with Gasteiger partial charge in [0.1, 0.15) is 10.6 Å². The quantitative estimate of drug-likeness (QED) is 0.616. The molecule has 3 N–H and O–H groups in total. The highest BCUT2D eigenvalue weighted by Crippen LogP contribution is 2.24. The zero-order valence-electron chi connectivity index (χ0n) is 15.9. The fraction of sp³-hybridized carbons (Fsp3) is 0.263. The first-order chi connectivity index (χ1) is 13.3. The fourth-order valence-electron chi connectivity index (χ4n) is 2.55. The first-order valence-corrected chi connectivity index (χ1v) is 10.1. The second-order valence-electron chi connectivity index (χ2n) is 5.81. The Hall–Kier alpha value is -2.91. The van der Waals surface area contributed by atoms with E-state index in [-0.39, 0.29) is 28.7 Å². The lowest BCUT2D eigenvalue weighted by Crippen LogP contribution is -2.33. The fourth-order valence-corrected chi connectivity index (χ4v) is 3.46. The average Bonchev–Trinajstić information content (AvgIpc) is 2.71. The largest absolute Gasteiger partial charge is 0.495 e. The minimum Gasteiger partial charge on any atom is -0.495 e. The Labute approximate surface area is 164 Å². The molecule has 9 heteroatoms. The molecule has 0 aliphatic heterocycles. The zero-order valence-corrected chi connectivity index (χ0v) is 16.7. The van der Waals surface area contributed by atoms with Crippen LogP contribution in [0.15, 0.2) is 47.4 Å². The predicted octanol–water partition coefficient (Wildman–Crippen LogP) is 1.53. The molecular weight excluding hydrogens is 382 g/mol. The number of sulfonamides is 1. The van der Waals surface area contributed by atoms with Crippen LogP contribution in [0.1, 0.15) is 22.8 Å². The van der Waals surface area contributed by atoms with Crippen molar-refractivity contribution in [3.8, 4) is 5.75 Å². The second-order valence-corrected chi connectivity index (χ2v) is 7.67. The molecule has 0 heterocycles. The first-order valence-electron chi connectivity index (χ1n) is 8.60. The Morgan fingerprint density at radius 3 is 2.46 bits per heavy atom. The van der Waals surface area contributed by atoms with Gasteiger partial charge in [0, 0.05) is 11.3 Å². The van der Waals surface area contributed by atoms with Gasteiger partial charge in [0.05, 0.1) is 13.7 Å². The number of amides is 2. The van der Waals surface area contributed by atoms with Crippen LogP contribution in [-0.4, -0.2) is 40.9 Å². The predicted molar refractivity (Wildman–Crippen MR) is 106 cm³/mol. The van der Waals surface area contributed by atoms with E-state index in [1.807, 2.05) is 25.1 Å². The van der Waals surface area contributed by atoms with Crippen LogP contribution in [0.2, 0.25) is 0 Å². The minimum absolute atomic E-state index is 0.0939. The van der Waals surface area contributed by atoms with Crippen LogP contribution in [-0.2, 0) is 21.2 Å². The van der Waals surface area contributed by atoms with Gasteiger partial charge < -0.3 is 15.4 Å². The van der Waals surface area contributed by atoms with Gasteiger partial charge in [0.2, 0.25) is 15.9 Å². The average molecular weight is 405 g/mol. The summed E-state index contributed by atoms with van der Waals surface area (Å²) in [6.45, 7) is 1.73. The van der Waals surface area contributed by atoms with Gasteiger partial charge in [-0.25, -0.2) is 13.1 Å². The SMILES string of the molecule is CCc1ccccc1NC(=O)CNC(=O)c1ccc(OC)c(S(=O)(=O)NC)c1. The molecule has 0 atom stereocenters. The van der Waals surface area contributed by atoms with Crippen molar-refractivity contribution in [1.82, 2.24) is 10.0 Å². The molecule has 2 aromatic rings. The Bertz CT molecular complexity index is 973. The number of rotatable bonds is 8. The lowest BCUT2D eigenvalue weighted by molar-refractivity contribution is -0.115. The summed E-state index contributed by atoms with van der Waals surface area (Å²) in [6, 6.07) is 11.4. The molecule has 0 radical (unpaired) electrons. The Morgan fingerprint density at radius 2 is 1.82 bits per heavy atom. The molecule has 8 nitrogen and oxygen atoms in total. The highest BCUT2D eigenvalue weighted by molar-refractivity contribution is 7.89. The van der Waals surface area contributed by atoms with Crippen LogP contribution < -0.4 is 20.1 Å². The maximum atomic E-state index is 12.3. The van der Waals surface area contributed by atoms with Gasteiger partial charge in [-0.3, -0.25) is 9.59 Å². The third-order valence-corrected chi connectivity index (χ3v) is 5.50. The highest BCUT2D eigenvalue weighted by atomic mass is 32.2. The van der Waals surface area contributed by atoms with Crippen molar-refractivity contribution in [1.29, 1.82) is 0 Å². The minimum atomic E-state index is -3.81. The van der Waals surface area contributed by atoms with E-state index in [0.29, 0.717) is 5.69 Å². The molecule has 2 aromatic carbocycles. The molecule has 0 aliphatic rings. The molecule has 2 amide bonds. The summed E-state index contributed by atoms with van der Waals surface area (Å²) < 4.78 is 31.4. The molecule has 0 aromatic heterocycles. The number of nitrogens with one attached hydrogen (secondary N) is 3. The van der Waals surface area contributed by atoms with E-state index >= 15 is 0 Å². The van der Waals surface area contributed by atoms with E-state index in [1.165, 1.54) is 32.4 Å². The van der Waals surface area contributed by atoms with E-state index in [1.54, 1.807) is 6.07 Å². The zero-order chi connectivity index (χ0) is 20.7. The molecule has 0 aliphatic carbocycles. The van der Waals surface area contributed by atoms with E-state index in [9.17, 15) is 18.0 Å². The monoisotopic (exact) mass is 405 g/mol. The van der Waals surface area contributed by atoms with Crippen molar-refractivity contribution in [2.75, 3.05) is 26.0 Å². The Morgan fingerprint density at radius 1 is 1.11 bits per heavy atom. The van der Waals surface area contributed by atoms with Crippen molar-refractivity contribution >= 4 is 27.5 Å². The van der Waals surface area contributed by atoms with Gasteiger partial charge >= 0.3 is 0 Å². The van der Waals surface area contributed by atoms with E-state index in [2.05, 4.69) is 15.4 Å². The highest BCUT2D eigenvalue weighted by Gasteiger charge is 2.20. The van der Waals surface area contributed by atoms with Crippen molar-refractivity contribution in [3.63, 3.8) is 0 Å². The normalized spacial score (nSPS) is 11.0. The number of methoxy groups -OCH3 is 1. The lowest BCUT2D eigenvalue weighted by Gasteiger charge is -2.12. The molecule has 0 unspecified atom stereocenters. The van der Waals surface area contributed by atoms with Gasteiger partial charge in [0.15, 0.2) is 0 Å². The number of para-hydroxylation sites is 1. The molecule has 150 valence electrons. The van der Waals surface area contributed by atoms with Crippen LogP contribution >= 0.6 is 0 Å². The van der Waals surface area contributed by atoms with Gasteiger partial charge in [-0.15, -0.1) is 0 Å². The van der Waals surface area contributed by atoms with Crippen molar-refractivity contribution in [2.24, 2.45) is 0 Å². The molecule has 28 heavy (non-hydrogen) atoms. The van der Waals surface area contributed by atoms with E-state index in [0.717, 1.165) is 12.0 Å². The van der Waals surface area contributed by atoms with Crippen LogP contribution in [0.25, 0.3) is 0 Å². The molecule has 0 saturated heterocycles. The number of carbonyl (C=O) groups excluding carboxylic acids is 2. The number of carbonyl (C=O) groups is 2. The van der Waals surface area contributed by atoms with Crippen molar-refractivity contribution in [2.45, 2.75) is 18.2 Å². The first kappa shape index (κ1) is 21.4. The van der Waals surface area contributed by atoms with Gasteiger partial charge in [-0.05, 0) is 43.3 Å². The summed E-state index contributed by atoms with van der Waals surface area (Å²) in [4.78, 5) is 24.3. The standard InChI is InChI=1S/C19H23N3O5S/c1-4-13-7-5-6-8-15(13)22-18(23)12-21-19(24)14-9-10-16(27-3)17(11-14)28(25,26)20-2/h5-11,20H,4,12H2,1-3H3,(H,21,24)(H,22,23). The summed E-state index contributed by atoms with van der Waals surface area (Å²) in [5.74, 6) is -0.847. The maximum Gasteiger partial charge on any atom is 0.251 e. The Kier molecular flexibility index (Phi) is 7.13. The van der Waals surface area contributed by atoms with Gasteiger partial charge in [0.25, 0.3) is 5.91 Å². The van der Waals surface area contributed by atoms with Gasteiger partial charge in [-0.2, -0.15) is 0 Å². The molecule has 0 spiro atoms. The van der Waals surface area contributed by atoms with Crippen LogP contribution in [0.4, 0.5) is 5.69 Å². The van der Waals surface area contributed by atoms with Crippen molar-refractivity contribution in [3.05, 3.63) is 53.6 Å². The second kappa shape index (κ2) is 9.34. The molecule has 0 saturated carbocycles. The lowest BCUT2D eigenvalue weighted by atomic mass is 10.1. The number of anilines is 1. The van der Waals surface area contributed by atoms with Crippen LogP contribution in [0.5, 0.6) is 5.75 Å². The summed E-state index contributed by atoms with van der Waals surface area (Å²) in [5, 5.41) is 5.24. The number of aryl methyl sites for hydroxylation is 1. The van der Waals surface area contributed by atoms with E-state index in [4.69, 9.17) is 4.74 Å². The third kappa shape index (κ3) is 5.08. The number of hydrogen-bond acceptors (Lipinski definition) is 5. The number of benzene rings is 2. The maximum absolute atomic E-state index is 12.3. The smallest absolute Gasteiger partial charge is 0.251 e. The van der Waals surface area contributed by atoms with E-state index < -0.39 is 15.9 Å². The number of ether oxygens (including phenoxy) is 1. The summed E-state index contributed by atoms with van der Waals surface area (Å²) in [5.41, 5.74) is 1.77. The summed E-state index contributed by atoms with van der Waals surface area (Å²) in [6.07, 6.45) is 0.761. The van der Waals surface area contributed by atoms with Crippen molar-refractivity contribution < 1.29 is 22.7 Å². The topological polar surface area (TPSA) is 114 Å². The molecule has 0 bridgehead atoms. The number of hydrogen-bond donors (Lipinski definition) is 3. The molecule has 2 rings (SSSR count). The molecule has 0 fully saturated rings. The van der Waals surface area contributed by atoms with Crippen LogP contribution in [0.3, 0.4) is 0 Å². The Balaban J connectivity index is 2.09. The van der Waals surface area contributed by atoms with Crippen LogP contribution in [0, 0.1) is 0 Å². The van der Waals surface area contributed by atoms with Gasteiger partial charge in [-0.1, -0.05) is 25.1 Å². The summed E-state index contributed by atoms with van der Waals surface area (Å²) >= 11 is 0. The molecular formula is C19H23N3O5S. The summed E-state index contributed by atoms with van der Waals surface area (Å²) in [7, 11) is -1.21. The third-order valence-electron chi connectivity index (χ3n) is 4.07.